The van der Waals surface area contributed by atoms with Crippen molar-refractivity contribution in [3.05, 3.63) is 12.2 Å². The highest BCUT2D eigenvalue weighted by Gasteiger charge is 2.28. The van der Waals surface area contributed by atoms with Gasteiger partial charge in [0.25, 0.3) is 0 Å². The van der Waals surface area contributed by atoms with Crippen molar-refractivity contribution in [2.45, 2.75) is 26.3 Å². The van der Waals surface area contributed by atoms with Crippen LogP contribution in [0.2, 0.25) is 0 Å². The van der Waals surface area contributed by atoms with E-state index in [0.717, 1.165) is 5.57 Å². The zero-order chi connectivity index (χ0) is 7.72. The average molecular weight is 139 g/mol. The molecule has 2 heteroatoms. The maximum atomic E-state index is 10.8. The molecule has 1 N–H and O–H groups in total. The molecule has 2 atom stereocenters. The molecule has 1 aliphatic heterocycles. The molecule has 1 amide bonds. The van der Waals surface area contributed by atoms with E-state index in [9.17, 15) is 4.79 Å². The summed E-state index contributed by atoms with van der Waals surface area (Å²) in [5, 5.41) is 2.85. The van der Waals surface area contributed by atoms with Crippen LogP contribution >= 0.6 is 0 Å². The van der Waals surface area contributed by atoms with Gasteiger partial charge in [-0.3, -0.25) is 4.79 Å². The van der Waals surface area contributed by atoms with Crippen molar-refractivity contribution >= 4 is 5.91 Å². The molecule has 0 aromatic carbocycles. The fourth-order valence-electron chi connectivity index (χ4n) is 1.39. The number of amides is 1. The van der Waals surface area contributed by atoms with E-state index < -0.39 is 0 Å². The highest BCUT2D eigenvalue weighted by molar-refractivity contribution is 5.79. The fourth-order valence-corrected chi connectivity index (χ4v) is 1.39. The van der Waals surface area contributed by atoms with E-state index in [0.29, 0.717) is 12.3 Å². The van der Waals surface area contributed by atoms with Crippen molar-refractivity contribution in [2.75, 3.05) is 0 Å². The lowest BCUT2D eigenvalue weighted by atomic mass is 9.95. The molecule has 2 nitrogen and oxygen atoms in total. The number of rotatable bonds is 1. The molecule has 56 valence electrons. The first-order valence-electron chi connectivity index (χ1n) is 3.56. The van der Waals surface area contributed by atoms with Crippen LogP contribution in [0.1, 0.15) is 20.3 Å². The first kappa shape index (κ1) is 7.32. The number of carbonyl (C=O) groups excluding carboxylic acids is 1. The highest BCUT2D eigenvalue weighted by atomic mass is 16.1. The third-order valence-electron chi connectivity index (χ3n) is 2.03. The van der Waals surface area contributed by atoms with E-state index in [2.05, 4.69) is 11.9 Å². The molecule has 1 fully saturated rings. The second kappa shape index (κ2) is 2.45. The molecule has 10 heavy (non-hydrogen) atoms. The quantitative estimate of drug-likeness (QED) is 0.541. The SMILES string of the molecule is C=C(C)C1CC(=O)NC1C. The van der Waals surface area contributed by atoms with Gasteiger partial charge in [0.1, 0.15) is 0 Å². The molecule has 0 spiro atoms. The summed E-state index contributed by atoms with van der Waals surface area (Å²) in [5.41, 5.74) is 1.10. The van der Waals surface area contributed by atoms with Crippen molar-refractivity contribution in [2.24, 2.45) is 5.92 Å². The van der Waals surface area contributed by atoms with Crippen LogP contribution < -0.4 is 5.32 Å². The minimum absolute atomic E-state index is 0.153. The summed E-state index contributed by atoms with van der Waals surface area (Å²) in [5.74, 6) is 0.507. The Morgan fingerprint density at radius 3 is 2.60 bits per heavy atom. The smallest absolute Gasteiger partial charge is 0.220 e. The second-order valence-electron chi connectivity index (χ2n) is 3.01. The van der Waals surface area contributed by atoms with Gasteiger partial charge in [0, 0.05) is 18.4 Å². The molecule has 0 bridgehead atoms. The van der Waals surface area contributed by atoms with E-state index in [1.54, 1.807) is 0 Å². The summed E-state index contributed by atoms with van der Waals surface area (Å²) in [6, 6.07) is 0.282. The summed E-state index contributed by atoms with van der Waals surface area (Å²) in [4.78, 5) is 10.8. The molecule has 1 heterocycles. The van der Waals surface area contributed by atoms with Crippen molar-refractivity contribution in [1.82, 2.24) is 5.32 Å². The maximum Gasteiger partial charge on any atom is 0.220 e. The van der Waals surface area contributed by atoms with Gasteiger partial charge in [-0.2, -0.15) is 0 Å². The van der Waals surface area contributed by atoms with Crippen molar-refractivity contribution in [3.8, 4) is 0 Å². The fraction of sp³-hybridized carbons (Fsp3) is 0.625. The van der Waals surface area contributed by atoms with Crippen LogP contribution in [-0.2, 0) is 4.79 Å². The molecule has 0 aromatic heterocycles. The van der Waals surface area contributed by atoms with Crippen LogP contribution in [0.3, 0.4) is 0 Å². The Kier molecular flexibility index (Phi) is 1.79. The number of nitrogens with one attached hydrogen (secondary N) is 1. The predicted octanol–water partition coefficient (Wildman–Crippen LogP) is 1.09. The standard InChI is InChI=1S/C8H13NO/c1-5(2)7-4-8(10)9-6(7)3/h6-7H,1,4H2,2-3H3,(H,9,10). The van der Waals surface area contributed by atoms with Crippen LogP contribution in [0, 0.1) is 5.92 Å². The summed E-state index contributed by atoms with van der Waals surface area (Å²) in [6.45, 7) is 7.82. The molecule has 0 aromatic rings. The van der Waals surface area contributed by atoms with Crippen molar-refractivity contribution < 1.29 is 4.79 Å². The van der Waals surface area contributed by atoms with Crippen molar-refractivity contribution in [1.29, 1.82) is 0 Å². The molecule has 0 aliphatic carbocycles. The number of hydrogen-bond acceptors (Lipinski definition) is 1. The summed E-state index contributed by atoms with van der Waals surface area (Å²) in [7, 11) is 0. The van der Waals surface area contributed by atoms with Gasteiger partial charge in [-0.05, 0) is 13.8 Å². The topological polar surface area (TPSA) is 29.1 Å². The summed E-state index contributed by atoms with van der Waals surface area (Å²) in [6.07, 6.45) is 0.622. The van der Waals surface area contributed by atoms with Gasteiger partial charge in [-0.15, -0.1) is 0 Å². The van der Waals surface area contributed by atoms with E-state index in [1.807, 2.05) is 13.8 Å². The summed E-state index contributed by atoms with van der Waals surface area (Å²) >= 11 is 0. The van der Waals surface area contributed by atoms with Gasteiger partial charge in [-0.1, -0.05) is 12.2 Å². The Morgan fingerprint density at radius 2 is 2.40 bits per heavy atom. The van der Waals surface area contributed by atoms with Gasteiger partial charge in [0.2, 0.25) is 5.91 Å². The van der Waals surface area contributed by atoms with Gasteiger partial charge < -0.3 is 5.32 Å². The van der Waals surface area contributed by atoms with Crippen LogP contribution in [0.15, 0.2) is 12.2 Å². The van der Waals surface area contributed by atoms with Crippen molar-refractivity contribution in [3.63, 3.8) is 0 Å². The van der Waals surface area contributed by atoms with E-state index in [4.69, 9.17) is 0 Å². The molecule has 0 saturated carbocycles. The minimum Gasteiger partial charge on any atom is -0.353 e. The average Bonchev–Trinajstić information content (AvgIpc) is 2.10. The minimum atomic E-state index is 0.153. The number of carbonyl (C=O) groups is 1. The lowest BCUT2D eigenvalue weighted by molar-refractivity contribution is -0.119. The third-order valence-corrected chi connectivity index (χ3v) is 2.03. The van der Waals surface area contributed by atoms with Crippen LogP contribution in [0.4, 0.5) is 0 Å². The molecule has 2 unspecified atom stereocenters. The molecule has 1 saturated heterocycles. The lowest BCUT2D eigenvalue weighted by Gasteiger charge is -2.12. The van der Waals surface area contributed by atoms with Gasteiger partial charge >= 0.3 is 0 Å². The second-order valence-corrected chi connectivity index (χ2v) is 3.01. The van der Waals surface area contributed by atoms with Crippen LogP contribution in [0.25, 0.3) is 0 Å². The van der Waals surface area contributed by atoms with E-state index >= 15 is 0 Å². The van der Waals surface area contributed by atoms with Gasteiger partial charge in [0.05, 0.1) is 0 Å². The zero-order valence-electron chi connectivity index (χ0n) is 6.48. The highest BCUT2D eigenvalue weighted by Crippen LogP contribution is 2.22. The molecule has 0 radical (unpaired) electrons. The van der Waals surface area contributed by atoms with E-state index in [1.165, 1.54) is 0 Å². The molecular formula is C8H13NO. The summed E-state index contributed by atoms with van der Waals surface area (Å²) < 4.78 is 0. The van der Waals surface area contributed by atoms with Crippen LogP contribution in [-0.4, -0.2) is 11.9 Å². The Hall–Kier alpha value is -0.790. The number of hydrogen-bond donors (Lipinski definition) is 1. The first-order chi connectivity index (χ1) is 4.61. The molecule has 1 aliphatic rings. The zero-order valence-corrected chi connectivity index (χ0v) is 6.48. The monoisotopic (exact) mass is 139 g/mol. The Labute approximate surface area is 61.3 Å². The maximum absolute atomic E-state index is 10.8. The lowest BCUT2D eigenvalue weighted by Crippen LogP contribution is -2.25. The van der Waals surface area contributed by atoms with E-state index in [-0.39, 0.29) is 11.9 Å². The third kappa shape index (κ3) is 1.20. The Bertz CT molecular complexity index is 174. The molecule has 1 rings (SSSR count). The normalized spacial score (nSPS) is 32.0. The van der Waals surface area contributed by atoms with Gasteiger partial charge in [0.15, 0.2) is 0 Å². The largest absolute Gasteiger partial charge is 0.353 e. The van der Waals surface area contributed by atoms with Crippen LogP contribution in [0.5, 0.6) is 0 Å². The van der Waals surface area contributed by atoms with Gasteiger partial charge in [-0.25, -0.2) is 0 Å². The first-order valence-corrected chi connectivity index (χ1v) is 3.56. The predicted molar refractivity (Wildman–Crippen MR) is 40.5 cm³/mol. The molecular weight excluding hydrogens is 126 g/mol. The Morgan fingerprint density at radius 1 is 1.80 bits per heavy atom. The Balaban J connectivity index is 2.63.